The van der Waals surface area contributed by atoms with Crippen LogP contribution in [0.5, 0.6) is 0 Å². The maximum atomic E-state index is 12.3. The molecule has 0 aromatic carbocycles. The number of carbonyl (C=O) groups is 1. The van der Waals surface area contributed by atoms with Gasteiger partial charge in [0, 0.05) is 42.7 Å². The summed E-state index contributed by atoms with van der Waals surface area (Å²) >= 11 is 2.04. The number of hydrogen-bond acceptors (Lipinski definition) is 3. The average molecular weight is 227 g/mol. The fourth-order valence-electron chi connectivity index (χ4n) is 2.85. The van der Waals surface area contributed by atoms with Gasteiger partial charge in [0.2, 0.25) is 5.91 Å². The highest BCUT2D eigenvalue weighted by molar-refractivity contribution is 8.00. The smallest absolute Gasteiger partial charge is 0.226 e. The Hall–Kier alpha value is -0.220. The summed E-state index contributed by atoms with van der Waals surface area (Å²) < 4.78 is 5.30. The van der Waals surface area contributed by atoms with Gasteiger partial charge >= 0.3 is 0 Å². The minimum Gasteiger partial charge on any atom is -0.381 e. The summed E-state index contributed by atoms with van der Waals surface area (Å²) in [6.45, 7) is 2.55. The van der Waals surface area contributed by atoms with E-state index in [4.69, 9.17) is 4.74 Å². The van der Waals surface area contributed by atoms with Crippen LogP contribution in [-0.2, 0) is 9.53 Å². The third-order valence-corrected chi connectivity index (χ3v) is 5.14. The molecule has 0 aliphatic carbocycles. The molecule has 15 heavy (non-hydrogen) atoms. The molecule has 1 amide bonds. The Labute approximate surface area is 94.5 Å². The Kier molecular flexibility index (Phi) is 2.64. The number of nitrogens with zero attached hydrogens (tertiary/aromatic N) is 1. The molecule has 3 saturated heterocycles. The van der Waals surface area contributed by atoms with Crippen molar-refractivity contribution in [2.45, 2.75) is 30.6 Å². The molecule has 0 aromatic heterocycles. The molecule has 3 fully saturated rings. The lowest BCUT2D eigenvalue weighted by Gasteiger charge is -2.31. The van der Waals surface area contributed by atoms with Gasteiger partial charge < -0.3 is 9.64 Å². The minimum absolute atomic E-state index is 0.253. The van der Waals surface area contributed by atoms with Crippen LogP contribution in [0, 0.1) is 5.92 Å². The predicted octanol–water partition coefficient (Wildman–Crippen LogP) is 1.13. The quantitative estimate of drug-likeness (QED) is 0.672. The van der Waals surface area contributed by atoms with Crippen LogP contribution in [0.2, 0.25) is 0 Å². The second-order valence-corrected chi connectivity index (χ2v) is 6.06. The SMILES string of the molecule is O=C(C1CCOCC1)N1CC2CC1CS2. The first kappa shape index (κ1) is 9.97. The summed E-state index contributed by atoms with van der Waals surface area (Å²) in [5.41, 5.74) is 0. The van der Waals surface area contributed by atoms with Crippen molar-refractivity contribution in [3.05, 3.63) is 0 Å². The van der Waals surface area contributed by atoms with E-state index in [1.807, 2.05) is 11.8 Å². The van der Waals surface area contributed by atoms with Crippen LogP contribution < -0.4 is 0 Å². The fraction of sp³-hybridized carbons (Fsp3) is 0.909. The second kappa shape index (κ2) is 3.98. The van der Waals surface area contributed by atoms with Crippen LogP contribution in [0.3, 0.4) is 0 Å². The Morgan fingerprint density at radius 1 is 1.33 bits per heavy atom. The maximum Gasteiger partial charge on any atom is 0.226 e. The van der Waals surface area contributed by atoms with Crippen LogP contribution in [-0.4, -0.2) is 47.6 Å². The molecule has 0 spiro atoms. The monoisotopic (exact) mass is 227 g/mol. The Balaban J connectivity index is 1.64. The number of ether oxygens (including phenoxy) is 1. The zero-order chi connectivity index (χ0) is 10.3. The number of carbonyl (C=O) groups excluding carboxylic acids is 1. The highest BCUT2D eigenvalue weighted by Crippen LogP contribution is 2.38. The molecular formula is C11H17NO2S. The molecule has 2 bridgehead atoms. The van der Waals surface area contributed by atoms with Crippen molar-refractivity contribution in [1.82, 2.24) is 4.90 Å². The Morgan fingerprint density at radius 3 is 2.73 bits per heavy atom. The van der Waals surface area contributed by atoms with Crippen LogP contribution in [0.4, 0.5) is 0 Å². The average Bonchev–Trinajstić information content (AvgIpc) is 2.91. The van der Waals surface area contributed by atoms with Crippen molar-refractivity contribution < 1.29 is 9.53 Å². The van der Waals surface area contributed by atoms with E-state index in [-0.39, 0.29) is 5.92 Å². The molecule has 3 nitrogen and oxygen atoms in total. The lowest BCUT2D eigenvalue weighted by atomic mass is 9.98. The Morgan fingerprint density at radius 2 is 2.13 bits per heavy atom. The lowest BCUT2D eigenvalue weighted by Crippen LogP contribution is -2.44. The van der Waals surface area contributed by atoms with E-state index in [0.29, 0.717) is 11.9 Å². The molecule has 3 aliphatic rings. The van der Waals surface area contributed by atoms with Crippen molar-refractivity contribution in [3.8, 4) is 0 Å². The van der Waals surface area contributed by atoms with Crippen molar-refractivity contribution in [3.63, 3.8) is 0 Å². The zero-order valence-electron chi connectivity index (χ0n) is 8.85. The molecule has 84 valence electrons. The third-order valence-electron chi connectivity index (χ3n) is 3.75. The van der Waals surface area contributed by atoms with E-state index < -0.39 is 0 Å². The molecular weight excluding hydrogens is 210 g/mol. The van der Waals surface area contributed by atoms with Gasteiger partial charge in [-0.2, -0.15) is 11.8 Å². The summed E-state index contributed by atoms with van der Waals surface area (Å²) in [4.78, 5) is 14.4. The van der Waals surface area contributed by atoms with Crippen LogP contribution in [0.1, 0.15) is 19.3 Å². The summed E-state index contributed by atoms with van der Waals surface area (Å²) in [6, 6.07) is 0.551. The molecule has 3 heterocycles. The van der Waals surface area contributed by atoms with Crippen LogP contribution >= 0.6 is 11.8 Å². The molecule has 2 atom stereocenters. The summed E-state index contributed by atoms with van der Waals surface area (Å²) in [7, 11) is 0. The number of likely N-dealkylation sites (tertiary alicyclic amines) is 1. The first-order chi connectivity index (χ1) is 7.34. The van der Waals surface area contributed by atoms with Crippen molar-refractivity contribution >= 4 is 17.7 Å². The molecule has 3 aliphatic heterocycles. The van der Waals surface area contributed by atoms with Crippen molar-refractivity contribution in [2.75, 3.05) is 25.5 Å². The normalized spacial score (nSPS) is 36.1. The van der Waals surface area contributed by atoms with Crippen molar-refractivity contribution in [1.29, 1.82) is 0 Å². The van der Waals surface area contributed by atoms with E-state index in [0.717, 1.165) is 37.9 Å². The fourth-order valence-corrected chi connectivity index (χ4v) is 4.28. The first-order valence-corrected chi connectivity index (χ1v) is 6.89. The van der Waals surface area contributed by atoms with Gasteiger partial charge in [0.05, 0.1) is 0 Å². The molecule has 4 heteroatoms. The molecule has 3 rings (SSSR count). The molecule has 0 saturated carbocycles. The topological polar surface area (TPSA) is 29.5 Å². The van der Waals surface area contributed by atoms with Gasteiger partial charge in [-0.15, -0.1) is 0 Å². The Bertz CT molecular complexity index is 265. The molecule has 2 unspecified atom stereocenters. The van der Waals surface area contributed by atoms with Gasteiger partial charge in [-0.3, -0.25) is 4.79 Å². The molecule has 0 radical (unpaired) electrons. The highest BCUT2D eigenvalue weighted by Gasteiger charge is 2.42. The summed E-state index contributed by atoms with van der Waals surface area (Å²) in [5, 5.41) is 0.735. The third kappa shape index (κ3) is 1.78. The first-order valence-electron chi connectivity index (χ1n) is 5.84. The van der Waals surface area contributed by atoms with Crippen LogP contribution in [0.15, 0.2) is 0 Å². The van der Waals surface area contributed by atoms with E-state index >= 15 is 0 Å². The maximum absolute atomic E-state index is 12.3. The van der Waals surface area contributed by atoms with E-state index in [1.54, 1.807) is 0 Å². The van der Waals surface area contributed by atoms with Gasteiger partial charge in [0.15, 0.2) is 0 Å². The predicted molar refractivity (Wildman–Crippen MR) is 59.9 cm³/mol. The number of amides is 1. The van der Waals surface area contributed by atoms with Gasteiger partial charge in [0.25, 0.3) is 0 Å². The highest BCUT2D eigenvalue weighted by atomic mass is 32.2. The number of hydrogen-bond donors (Lipinski definition) is 0. The minimum atomic E-state index is 0.253. The number of thioether (sulfide) groups is 1. The van der Waals surface area contributed by atoms with Gasteiger partial charge in [-0.1, -0.05) is 0 Å². The summed E-state index contributed by atoms with van der Waals surface area (Å²) in [5.74, 6) is 1.83. The standard InChI is InChI=1S/C11H17NO2S/c13-11(8-1-3-14-4-2-8)12-6-10-5-9(12)7-15-10/h8-10H,1-7H2. The largest absolute Gasteiger partial charge is 0.381 e. The van der Waals surface area contributed by atoms with Gasteiger partial charge in [0.1, 0.15) is 0 Å². The van der Waals surface area contributed by atoms with E-state index in [2.05, 4.69) is 4.90 Å². The molecule has 0 aromatic rings. The van der Waals surface area contributed by atoms with E-state index in [9.17, 15) is 4.79 Å². The zero-order valence-corrected chi connectivity index (χ0v) is 9.67. The molecule has 0 N–H and O–H groups in total. The van der Waals surface area contributed by atoms with Crippen LogP contribution in [0.25, 0.3) is 0 Å². The van der Waals surface area contributed by atoms with Gasteiger partial charge in [-0.25, -0.2) is 0 Å². The van der Waals surface area contributed by atoms with Gasteiger partial charge in [-0.05, 0) is 19.3 Å². The number of rotatable bonds is 1. The second-order valence-electron chi connectivity index (χ2n) is 4.72. The number of fused-ring (bicyclic) bond motifs is 2. The van der Waals surface area contributed by atoms with E-state index in [1.165, 1.54) is 12.2 Å². The lowest BCUT2D eigenvalue weighted by molar-refractivity contribution is -0.139. The summed E-state index contributed by atoms with van der Waals surface area (Å²) in [6.07, 6.45) is 3.10. The van der Waals surface area contributed by atoms with Crippen molar-refractivity contribution in [2.24, 2.45) is 5.92 Å².